The highest BCUT2D eigenvalue weighted by molar-refractivity contribution is 5.93. The van der Waals surface area contributed by atoms with Gasteiger partial charge in [-0.05, 0) is 11.8 Å². The Morgan fingerprint density at radius 2 is 2.06 bits per heavy atom. The van der Waals surface area contributed by atoms with Gasteiger partial charge in [0.1, 0.15) is 12.1 Å². The smallest absolute Gasteiger partial charge is 0.326 e. The Morgan fingerprint density at radius 3 is 2.41 bits per heavy atom. The highest BCUT2D eigenvalue weighted by atomic mass is 16.4. The van der Waals surface area contributed by atoms with Gasteiger partial charge in [0.05, 0.1) is 0 Å². The second-order valence-electron chi connectivity index (χ2n) is 5.30. The fraction of sp³-hybridized carbons (Fsp3) is 0.727. The lowest BCUT2D eigenvalue weighted by atomic mass is 9.86. The molecule has 0 spiro atoms. The molecule has 96 valence electrons. The summed E-state index contributed by atoms with van der Waals surface area (Å²) in [4.78, 5) is 33.8. The zero-order valence-corrected chi connectivity index (χ0v) is 10.2. The van der Waals surface area contributed by atoms with Crippen molar-refractivity contribution in [3.63, 3.8) is 0 Å². The van der Waals surface area contributed by atoms with Gasteiger partial charge in [0, 0.05) is 6.42 Å². The van der Waals surface area contributed by atoms with Gasteiger partial charge in [-0.1, -0.05) is 20.8 Å². The first kappa shape index (κ1) is 13.5. The van der Waals surface area contributed by atoms with Gasteiger partial charge >= 0.3 is 5.97 Å². The highest BCUT2D eigenvalue weighted by Gasteiger charge is 2.36. The number of carbonyl (C=O) groups excluding carboxylic acids is 2. The molecule has 1 heterocycles. The van der Waals surface area contributed by atoms with Crippen LogP contribution < -0.4 is 10.6 Å². The van der Waals surface area contributed by atoms with Crippen molar-refractivity contribution in [2.24, 2.45) is 5.41 Å². The van der Waals surface area contributed by atoms with E-state index in [9.17, 15) is 14.4 Å². The zero-order chi connectivity index (χ0) is 13.2. The van der Waals surface area contributed by atoms with Gasteiger partial charge in [-0.2, -0.15) is 0 Å². The summed E-state index contributed by atoms with van der Waals surface area (Å²) >= 11 is 0. The van der Waals surface area contributed by atoms with Crippen LogP contribution in [0.1, 0.15) is 33.6 Å². The first-order valence-electron chi connectivity index (χ1n) is 5.54. The average molecular weight is 242 g/mol. The number of amides is 2. The number of nitrogens with one attached hydrogen (secondary N) is 2. The molecule has 0 saturated carbocycles. The molecule has 0 aromatic carbocycles. The molecule has 2 atom stereocenters. The van der Waals surface area contributed by atoms with Crippen molar-refractivity contribution in [2.75, 3.05) is 0 Å². The fourth-order valence-corrected chi connectivity index (χ4v) is 1.70. The van der Waals surface area contributed by atoms with E-state index in [1.807, 2.05) is 0 Å². The van der Waals surface area contributed by atoms with Crippen LogP contribution in [-0.4, -0.2) is 35.0 Å². The van der Waals surface area contributed by atoms with Gasteiger partial charge in [-0.3, -0.25) is 9.59 Å². The van der Waals surface area contributed by atoms with Crippen LogP contribution in [0.2, 0.25) is 0 Å². The van der Waals surface area contributed by atoms with E-state index in [0.717, 1.165) is 0 Å². The second kappa shape index (κ2) is 4.73. The average Bonchev–Trinajstić information content (AvgIpc) is 2.58. The molecule has 6 nitrogen and oxygen atoms in total. The van der Waals surface area contributed by atoms with E-state index in [2.05, 4.69) is 10.6 Å². The standard InChI is InChI=1S/C11H18N2O4/c1-11(2,3)8(10(16)17)13-9(15)6-4-5-7(14)12-6/h6,8H,4-5H2,1-3H3,(H,12,14)(H,13,15)(H,16,17)/t6-,8+/m0/s1. The first-order valence-corrected chi connectivity index (χ1v) is 5.54. The molecule has 1 aliphatic rings. The van der Waals surface area contributed by atoms with Gasteiger partial charge in [-0.15, -0.1) is 0 Å². The van der Waals surface area contributed by atoms with Crippen LogP contribution in [0.4, 0.5) is 0 Å². The molecular weight excluding hydrogens is 224 g/mol. The summed E-state index contributed by atoms with van der Waals surface area (Å²) in [7, 11) is 0. The molecule has 1 aliphatic heterocycles. The van der Waals surface area contributed by atoms with Gasteiger partial charge in [0.25, 0.3) is 0 Å². The third kappa shape index (κ3) is 3.44. The van der Waals surface area contributed by atoms with Crippen molar-refractivity contribution in [3.05, 3.63) is 0 Å². The van der Waals surface area contributed by atoms with Crippen molar-refractivity contribution in [1.29, 1.82) is 0 Å². The van der Waals surface area contributed by atoms with E-state index >= 15 is 0 Å². The lowest BCUT2D eigenvalue weighted by molar-refractivity contribution is -0.145. The van der Waals surface area contributed by atoms with Crippen LogP contribution in [0.25, 0.3) is 0 Å². The second-order valence-corrected chi connectivity index (χ2v) is 5.30. The number of carbonyl (C=O) groups is 3. The fourth-order valence-electron chi connectivity index (χ4n) is 1.70. The Kier molecular flexibility index (Phi) is 3.75. The van der Waals surface area contributed by atoms with Crippen LogP contribution in [0.15, 0.2) is 0 Å². The van der Waals surface area contributed by atoms with Crippen molar-refractivity contribution in [2.45, 2.75) is 45.7 Å². The third-order valence-corrected chi connectivity index (χ3v) is 2.71. The van der Waals surface area contributed by atoms with E-state index in [1.54, 1.807) is 20.8 Å². The lowest BCUT2D eigenvalue weighted by Gasteiger charge is -2.28. The van der Waals surface area contributed by atoms with Crippen molar-refractivity contribution >= 4 is 17.8 Å². The number of hydrogen-bond acceptors (Lipinski definition) is 3. The lowest BCUT2D eigenvalue weighted by Crippen LogP contribution is -2.53. The molecule has 0 aliphatic carbocycles. The molecule has 0 aromatic heterocycles. The Hall–Kier alpha value is -1.59. The minimum absolute atomic E-state index is 0.173. The number of carboxylic acid groups (broad SMARTS) is 1. The normalized spacial score (nSPS) is 21.8. The van der Waals surface area contributed by atoms with Gasteiger partial charge in [0.2, 0.25) is 11.8 Å². The summed E-state index contributed by atoms with van der Waals surface area (Å²) in [5, 5.41) is 14.0. The predicted molar refractivity (Wildman–Crippen MR) is 60.2 cm³/mol. The van der Waals surface area contributed by atoms with E-state index in [4.69, 9.17) is 5.11 Å². The Bertz CT molecular complexity index is 346. The van der Waals surface area contributed by atoms with E-state index < -0.39 is 29.4 Å². The first-order chi connectivity index (χ1) is 7.71. The topological polar surface area (TPSA) is 95.5 Å². The van der Waals surface area contributed by atoms with E-state index in [0.29, 0.717) is 12.8 Å². The maximum absolute atomic E-state index is 11.8. The molecule has 0 radical (unpaired) electrons. The summed E-state index contributed by atoms with van der Waals surface area (Å²) in [6, 6.07) is -1.57. The highest BCUT2D eigenvalue weighted by Crippen LogP contribution is 2.20. The van der Waals surface area contributed by atoms with E-state index in [-0.39, 0.29) is 5.91 Å². The van der Waals surface area contributed by atoms with Gasteiger partial charge < -0.3 is 15.7 Å². The van der Waals surface area contributed by atoms with Crippen molar-refractivity contribution in [1.82, 2.24) is 10.6 Å². The summed E-state index contributed by atoms with van der Waals surface area (Å²) in [5.74, 6) is -1.68. The van der Waals surface area contributed by atoms with Crippen LogP contribution >= 0.6 is 0 Å². The maximum atomic E-state index is 11.8. The third-order valence-electron chi connectivity index (χ3n) is 2.71. The van der Waals surface area contributed by atoms with Crippen molar-refractivity contribution in [3.8, 4) is 0 Å². The Labute approximate surface area is 99.8 Å². The SMILES string of the molecule is CC(C)(C)[C@H](NC(=O)[C@@H]1CCC(=O)N1)C(=O)O. The molecule has 0 unspecified atom stereocenters. The van der Waals surface area contributed by atoms with Crippen LogP contribution in [0.5, 0.6) is 0 Å². The summed E-state index contributed by atoms with van der Waals surface area (Å²) in [5.41, 5.74) is -0.579. The molecule has 1 saturated heterocycles. The predicted octanol–water partition coefficient (Wildman–Crippen LogP) is -0.119. The summed E-state index contributed by atoms with van der Waals surface area (Å²) in [6.07, 6.45) is 0.729. The molecule has 2 amide bonds. The number of aliphatic carboxylic acids is 1. The Balaban J connectivity index is 2.65. The molecule has 6 heteroatoms. The molecule has 3 N–H and O–H groups in total. The number of hydrogen-bond donors (Lipinski definition) is 3. The van der Waals surface area contributed by atoms with Crippen molar-refractivity contribution < 1.29 is 19.5 Å². The van der Waals surface area contributed by atoms with Crippen LogP contribution in [0.3, 0.4) is 0 Å². The van der Waals surface area contributed by atoms with Gasteiger partial charge in [-0.25, -0.2) is 4.79 Å². The summed E-state index contributed by atoms with van der Waals surface area (Å²) < 4.78 is 0. The zero-order valence-electron chi connectivity index (χ0n) is 10.2. The molecular formula is C11H18N2O4. The molecule has 1 fully saturated rings. The Morgan fingerprint density at radius 1 is 1.47 bits per heavy atom. The molecule has 17 heavy (non-hydrogen) atoms. The minimum Gasteiger partial charge on any atom is -0.480 e. The largest absolute Gasteiger partial charge is 0.480 e. The summed E-state index contributed by atoms with van der Waals surface area (Å²) in [6.45, 7) is 5.21. The number of rotatable bonds is 3. The van der Waals surface area contributed by atoms with Gasteiger partial charge in [0.15, 0.2) is 0 Å². The number of carboxylic acids is 1. The minimum atomic E-state index is -1.07. The van der Waals surface area contributed by atoms with Crippen LogP contribution in [-0.2, 0) is 14.4 Å². The quantitative estimate of drug-likeness (QED) is 0.643. The molecule has 0 bridgehead atoms. The monoisotopic (exact) mass is 242 g/mol. The molecule has 0 aromatic rings. The van der Waals surface area contributed by atoms with E-state index in [1.165, 1.54) is 0 Å². The molecule has 1 rings (SSSR count). The van der Waals surface area contributed by atoms with Crippen LogP contribution in [0, 0.1) is 5.41 Å². The maximum Gasteiger partial charge on any atom is 0.326 e.